The highest BCUT2D eigenvalue weighted by Crippen LogP contribution is 2.42. The number of piperidine rings is 1. The van der Waals surface area contributed by atoms with Gasteiger partial charge in [0.2, 0.25) is 5.88 Å². The molecule has 2 fully saturated rings. The van der Waals surface area contributed by atoms with E-state index in [9.17, 15) is 13.2 Å². The molecule has 0 spiro atoms. The van der Waals surface area contributed by atoms with Crippen molar-refractivity contribution in [3.8, 4) is 11.6 Å². The first-order chi connectivity index (χ1) is 13.0. The number of benzene rings is 1. The number of halogens is 3. The van der Waals surface area contributed by atoms with Crippen molar-refractivity contribution in [1.29, 1.82) is 0 Å². The molecule has 4 rings (SSSR count). The Morgan fingerprint density at radius 3 is 2.48 bits per heavy atom. The van der Waals surface area contributed by atoms with Gasteiger partial charge in [-0.2, -0.15) is 13.2 Å². The van der Waals surface area contributed by atoms with E-state index in [1.165, 1.54) is 30.0 Å². The van der Waals surface area contributed by atoms with Crippen LogP contribution in [0.1, 0.15) is 48.3 Å². The van der Waals surface area contributed by atoms with Gasteiger partial charge in [0.25, 0.3) is 0 Å². The van der Waals surface area contributed by atoms with Gasteiger partial charge >= 0.3 is 6.18 Å². The Morgan fingerprint density at radius 2 is 1.85 bits per heavy atom. The molecular weight excluding hydrogens is 353 g/mol. The SMILES string of the molecule is FC(F)(F)c1ccc(Oc2cc(C=C3CCNCC3)cc(C3CC3)c2)nc1. The summed E-state index contributed by atoms with van der Waals surface area (Å²) < 4.78 is 43.8. The fourth-order valence-electron chi connectivity index (χ4n) is 3.30. The van der Waals surface area contributed by atoms with E-state index >= 15 is 0 Å². The van der Waals surface area contributed by atoms with Gasteiger partial charge in [-0.15, -0.1) is 0 Å². The van der Waals surface area contributed by atoms with Crippen LogP contribution in [-0.2, 0) is 6.18 Å². The molecule has 0 amide bonds. The fourth-order valence-corrected chi connectivity index (χ4v) is 3.30. The third-order valence-corrected chi connectivity index (χ3v) is 4.90. The molecule has 2 aromatic rings. The third kappa shape index (κ3) is 4.69. The number of hydrogen-bond acceptors (Lipinski definition) is 3. The highest BCUT2D eigenvalue weighted by molar-refractivity contribution is 5.57. The average molecular weight is 374 g/mol. The Labute approximate surface area is 156 Å². The van der Waals surface area contributed by atoms with Gasteiger partial charge in [-0.1, -0.05) is 17.7 Å². The topological polar surface area (TPSA) is 34.1 Å². The summed E-state index contributed by atoms with van der Waals surface area (Å²) in [7, 11) is 0. The minimum absolute atomic E-state index is 0.163. The number of pyridine rings is 1. The molecule has 2 heterocycles. The predicted molar refractivity (Wildman–Crippen MR) is 97.8 cm³/mol. The van der Waals surface area contributed by atoms with Crippen LogP contribution in [0.5, 0.6) is 11.6 Å². The molecule has 1 aromatic carbocycles. The Morgan fingerprint density at radius 1 is 1.07 bits per heavy atom. The predicted octanol–water partition coefficient (Wildman–Crippen LogP) is 5.54. The summed E-state index contributed by atoms with van der Waals surface area (Å²) in [6, 6.07) is 8.35. The van der Waals surface area contributed by atoms with Crippen molar-refractivity contribution in [1.82, 2.24) is 10.3 Å². The first kappa shape index (κ1) is 18.0. The van der Waals surface area contributed by atoms with Gasteiger partial charge in [-0.3, -0.25) is 0 Å². The standard InChI is InChI=1S/C21H21F3N2O/c22-21(23,24)18-3-4-20(26-13-18)27-19-11-15(9-14-5-7-25-8-6-14)10-17(12-19)16-1-2-16/h3-4,9-13,16,25H,1-2,5-8H2. The van der Waals surface area contributed by atoms with Crippen LogP contribution in [0.15, 0.2) is 42.1 Å². The maximum atomic E-state index is 12.7. The number of nitrogens with zero attached hydrogens (tertiary/aromatic N) is 1. The summed E-state index contributed by atoms with van der Waals surface area (Å²) >= 11 is 0. The van der Waals surface area contributed by atoms with E-state index in [0.29, 0.717) is 11.7 Å². The Hall–Kier alpha value is -2.34. The lowest BCUT2D eigenvalue weighted by molar-refractivity contribution is -0.137. The molecule has 3 nitrogen and oxygen atoms in total. The summed E-state index contributed by atoms with van der Waals surface area (Å²) in [5, 5.41) is 3.35. The second-order valence-corrected chi connectivity index (χ2v) is 7.15. The highest BCUT2D eigenvalue weighted by Gasteiger charge is 2.30. The lowest BCUT2D eigenvalue weighted by Crippen LogP contribution is -2.22. The van der Waals surface area contributed by atoms with E-state index in [1.807, 2.05) is 12.1 Å². The molecule has 1 aliphatic heterocycles. The number of nitrogens with one attached hydrogen (secondary N) is 1. The normalized spacial score (nSPS) is 17.7. The lowest BCUT2D eigenvalue weighted by Gasteiger charge is -2.16. The summed E-state index contributed by atoms with van der Waals surface area (Å²) in [5.41, 5.74) is 2.93. The van der Waals surface area contributed by atoms with Crippen molar-refractivity contribution in [2.45, 2.75) is 37.8 Å². The molecule has 1 aliphatic carbocycles. The minimum atomic E-state index is -4.40. The molecule has 0 atom stereocenters. The van der Waals surface area contributed by atoms with Crippen molar-refractivity contribution in [2.75, 3.05) is 13.1 Å². The van der Waals surface area contributed by atoms with Gasteiger partial charge in [0, 0.05) is 12.3 Å². The molecule has 1 saturated carbocycles. The molecule has 1 aromatic heterocycles. The first-order valence-electron chi connectivity index (χ1n) is 9.24. The van der Waals surface area contributed by atoms with Crippen LogP contribution < -0.4 is 10.1 Å². The van der Waals surface area contributed by atoms with Crippen molar-refractivity contribution < 1.29 is 17.9 Å². The summed E-state index contributed by atoms with van der Waals surface area (Å²) in [5.74, 6) is 1.34. The van der Waals surface area contributed by atoms with Crippen molar-refractivity contribution in [3.05, 3.63) is 58.8 Å². The molecule has 27 heavy (non-hydrogen) atoms. The molecular formula is C21H21F3N2O. The average Bonchev–Trinajstić information content (AvgIpc) is 3.47. The van der Waals surface area contributed by atoms with Crippen LogP contribution in [0.25, 0.3) is 6.08 Å². The van der Waals surface area contributed by atoms with Gasteiger partial charge in [0.05, 0.1) is 5.56 Å². The van der Waals surface area contributed by atoms with Crippen molar-refractivity contribution in [3.63, 3.8) is 0 Å². The Kier molecular flexibility index (Phi) is 4.91. The maximum Gasteiger partial charge on any atom is 0.417 e. The smallest absolute Gasteiger partial charge is 0.417 e. The summed E-state index contributed by atoms with van der Waals surface area (Å²) in [6.07, 6.45) is 3.02. The van der Waals surface area contributed by atoms with E-state index in [0.717, 1.165) is 43.8 Å². The lowest BCUT2D eigenvalue weighted by atomic mass is 10.00. The van der Waals surface area contributed by atoms with Gasteiger partial charge in [-0.25, -0.2) is 4.98 Å². The number of ether oxygens (including phenoxy) is 1. The Bertz CT molecular complexity index is 831. The van der Waals surface area contributed by atoms with E-state index in [4.69, 9.17) is 4.74 Å². The van der Waals surface area contributed by atoms with Gasteiger partial charge in [0.1, 0.15) is 5.75 Å². The highest BCUT2D eigenvalue weighted by atomic mass is 19.4. The first-order valence-corrected chi connectivity index (χ1v) is 9.24. The molecule has 0 unspecified atom stereocenters. The van der Waals surface area contributed by atoms with Gasteiger partial charge in [0.15, 0.2) is 0 Å². The van der Waals surface area contributed by atoms with Crippen molar-refractivity contribution in [2.24, 2.45) is 0 Å². The van der Waals surface area contributed by atoms with E-state index in [2.05, 4.69) is 22.4 Å². The van der Waals surface area contributed by atoms with E-state index < -0.39 is 11.7 Å². The second-order valence-electron chi connectivity index (χ2n) is 7.15. The number of rotatable bonds is 4. The van der Waals surface area contributed by atoms with E-state index in [1.54, 1.807) is 0 Å². The third-order valence-electron chi connectivity index (χ3n) is 4.90. The van der Waals surface area contributed by atoms with Crippen molar-refractivity contribution >= 4 is 6.08 Å². The molecule has 1 N–H and O–H groups in total. The molecule has 0 radical (unpaired) electrons. The quantitative estimate of drug-likeness (QED) is 0.763. The second kappa shape index (κ2) is 7.35. The zero-order chi connectivity index (χ0) is 18.9. The number of alkyl halides is 3. The van der Waals surface area contributed by atoms with Gasteiger partial charge in [-0.05, 0) is 74.0 Å². The van der Waals surface area contributed by atoms with Crippen LogP contribution in [0.3, 0.4) is 0 Å². The molecule has 0 bridgehead atoms. The van der Waals surface area contributed by atoms with Crippen LogP contribution in [0, 0.1) is 0 Å². The molecule has 1 saturated heterocycles. The van der Waals surface area contributed by atoms with Crippen LogP contribution in [0.4, 0.5) is 13.2 Å². The molecule has 6 heteroatoms. The minimum Gasteiger partial charge on any atom is -0.439 e. The van der Waals surface area contributed by atoms with Crippen LogP contribution in [0.2, 0.25) is 0 Å². The maximum absolute atomic E-state index is 12.7. The monoisotopic (exact) mass is 374 g/mol. The summed E-state index contributed by atoms with van der Waals surface area (Å²) in [6.45, 7) is 1.99. The zero-order valence-corrected chi connectivity index (χ0v) is 14.9. The number of aromatic nitrogens is 1. The largest absolute Gasteiger partial charge is 0.439 e. The fraction of sp³-hybridized carbons (Fsp3) is 0.381. The van der Waals surface area contributed by atoms with Gasteiger partial charge < -0.3 is 10.1 Å². The van der Waals surface area contributed by atoms with Crippen LogP contribution >= 0.6 is 0 Å². The molecule has 2 aliphatic rings. The Balaban J connectivity index is 1.58. The summed E-state index contributed by atoms with van der Waals surface area (Å²) in [4.78, 5) is 3.81. The molecule has 142 valence electrons. The zero-order valence-electron chi connectivity index (χ0n) is 14.9. The number of hydrogen-bond donors (Lipinski definition) is 1. The van der Waals surface area contributed by atoms with Crippen LogP contribution in [-0.4, -0.2) is 18.1 Å². The van der Waals surface area contributed by atoms with E-state index in [-0.39, 0.29) is 5.88 Å².